The van der Waals surface area contributed by atoms with Gasteiger partial charge in [0.1, 0.15) is 0 Å². The lowest BCUT2D eigenvalue weighted by atomic mass is 9.96. The molecule has 2 aliphatic rings. The van der Waals surface area contributed by atoms with Crippen molar-refractivity contribution in [1.29, 1.82) is 0 Å². The first-order valence-corrected chi connectivity index (χ1v) is 7.10. The third-order valence-electron chi connectivity index (χ3n) is 4.30. The van der Waals surface area contributed by atoms with Gasteiger partial charge in [0, 0.05) is 18.3 Å². The Morgan fingerprint density at radius 3 is 2.84 bits per heavy atom. The molecule has 0 saturated heterocycles. The van der Waals surface area contributed by atoms with Gasteiger partial charge in [0.2, 0.25) is 5.89 Å². The van der Waals surface area contributed by atoms with Gasteiger partial charge in [-0.25, -0.2) is 0 Å². The Labute approximate surface area is 112 Å². The highest BCUT2D eigenvalue weighted by Crippen LogP contribution is 2.53. The molecule has 0 radical (unpaired) electrons. The smallest absolute Gasteiger partial charge is 0.237 e. The van der Waals surface area contributed by atoms with Gasteiger partial charge in [-0.2, -0.15) is 4.98 Å². The molecule has 0 bridgehead atoms. The van der Waals surface area contributed by atoms with Crippen molar-refractivity contribution in [1.82, 2.24) is 15.1 Å². The molecule has 0 unspecified atom stereocenters. The molecule has 2 fully saturated rings. The molecular formula is C15H17N3O. The van der Waals surface area contributed by atoms with Crippen LogP contribution in [-0.4, -0.2) is 15.1 Å². The van der Waals surface area contributed by atoms with E-state index in [1.54, 1.807) is 0 Å². The van der Waals surface area contributed by atoms with E-state index in [4.69, 9.17) is 4.52 Å². The average molecular weight is 255 g/mol. The molecule has 0 N–H and O–H groups in total. The summed E-state index contributed by atoms with van der Waals surface area (Å²) in [6.45, 7) is 2.15. The van der Waals surface area contributed by atoms with Gasteiger partial charge in [-0.3, -0.25) is 4.98 Å². The molecule has 0 amide bonds. The van der Waals surface area contributed by atoms with Crippen LogP contribution < -0.4 is 0 Å². The van der Waals surface area contributed by atoms with Crippen molar-refractivity contribution in [2.45, 2.75) is 50.4 Å². The zero-order valence-corrected chi connectivity index (χ0v) is 11.1. The minimum absolute atomic E-state index is 0.0433. The molecule has 4 nitrogen and oxygen atoms in total. The molecule has 98 valence electrons. The highest BCUT2D eigenvalue weighted by Gasteiger charge is 2.51. The second-order valence-corrected chi connectivity index (χ2v) is 5.75. The predicted molar refractivity (Wildman–Crippen MR) is 69.9 cm³/mol. The summed E-state index contributed by atoms with van der Waals surface area (Å²) in [5, 5.41) is 4.15. The van der Waals surface area contributed by atoms with Crippen LogP contribution >= 0.6 is 0 Å². The summed E-state index contributed by atoms with van der Waals surface area (Å²) in [6.07, 6.45) is 9.49. The molecule has 0 aromatic carbocycles. The zero-order valence-electron chi connectivity index (χ0n) is 11.1. The van der Waals surface area contributed by atoms with E-state index in [1.807, 2.05) is 12.4 Å². The van der Waals surface area contributed by atoms with Crippen LogP contribution in [0.2, 0.25) is 0 Å². The number of rotatable bonds is 4. The minimum Gasteiger partial charge on any atom is -0.338 e. The predicted octanol–water partition coefficient (Wildman–Crippen LogP) is 2.98. The normalized spacial score (nSPS) is 20.5. The maximum Gasteiger partial charge on any atom is 0.237 e. The maximum absolute atomic E-state index is 5.53. The standard InChI is InChI=1S/C15H17N3O/c1-2-10-7-12(9-16-8-10)15(5-6-15)14-17-13(18-19-14)11-3-4-11/h7-9,11H,2-6H2,1H3. The Balaban J connectivity index is 1.70. The van der Waals surface area contributed by atoms with E-state index < -0.39 is 0 Å². The fourth-order valence-corrected chi connectivity index (χ4v) is 2.63. The Morgan fingerprint density at radius 2 is 2.16 bits per heavy atom. The monoisotopic (exact) mass is 255 g/mol. The maximum atomic E-state index is 5.53. The van der Waals surface area contributed by atoms with Crippen LogP contribution in [0.1, 0.15) is 61.4 Å². The van der Waals surface area contributed by atoms with E-state index >= 15 is 0 Å². The molecule has 2 aromatic heterocycles. The summed E-state index contributed by atoms with van der Waals surface area (Å²) in [7, 11) is 0. The Hall–Kier alpha value is -1.71. The highest BCUT2D eigenvalue weighted by atomic mass is 16.5. The van der Waals surface area contributed by atoms with Crippen molar-refractivity contribution in [3.05, 3.63) is 41.3 Å². The number of nitrogens with zero attached hydrogens (tertiary/aromatic N) is 3. The molecule has 2 saturated carbocycles. The lowest BCUT2D eigenvalue weighted by molar-refractivity contribution is 0.355. The summed E-state index contributed by atoms with van der Waals surface area (Å²) in [6, 6.07) is 2.24. The molecule has 0 aliphatic heterocycles. The van der Waals surface area contributed by atoms with Crippen molar-refractivity contribution in [3.63, 3.8) is 0 Å². The second kappa shape index (κ2) is 3.89. The van der Waals surface area contributed by atoms with E-state index in [1.165, 1.54) is 24.0 Å². The first-order valence-electron chi connectivity index (χ1n) is 7.10. The molecule has 0 spiro atoms. The SMILES string of the molecule is CCc1cncc(C2(c3nc(C4CC4)no3)CC2)c1. The van der Waals surface area contributed by atoms with Crippen molar-refractivity contribution in [2.75, 3.05) is 0 Å². The summed E-state index contributed by atoms with van der Waals surface area (Å²) in [4.78, 5) is 8.98. The number of aryl methyl sites for hydroxylation is 1. The van der Waals surface area contributed by atoms with E-state index in [-0.39, 0.29) is 5.41 Å². The molecule has 4 rings (SSSR count). The number of hydrogen-bond acceptors (Lipinski definition) is 4. The first-order chi connectivity index (χ1) is 9.32. The van der Waals surface area contributed by atoms with Gasteiger partial charge in [0.05, 0.1) is 5.41 Å². The molecule has 2 aliphatic carbocycles. The van der Waals surface area contributed by atoms with Gasteiger partial charge in [-0.05, 0) is 43.2 Å². The minimum atomic E-state index is -0.0433. The number of pyridine rings is 1. The third-order valence-corrected chi connectivity index (χ3v) is 4.30. The fraction of sp³-hybridized carbons (Fsp3) is 0.533. The van der Waals surface area contributed by atoms with Gasteiger partial charge in [0.15, 0.2) is 5.82 Å². The summed E-state index contributed by atoms with van der Waals surface area (Å²) >= 11 is 0. The van der Waals surface area contributed by atoms with Crippen LogP contribution in [0.4, 0.5) is 0 Å². The van der Waals surface area contributed by atoms with Gasteiger partial charge in [-0.15, -0.1) is 0 Å². The van der Waals surface area contributed by atoms with Crippen LogP contribution in [0.25, 0.3) is 0 Å². The van der Waals surface area contributed by atoms with Crippen molar-refractivity contribution >= 4 is 0 Å². The lowest BCUT2D eigenvalue weighted by Gasteiger charge is -2.11. The average Bonchev–Trinajstić information content (AvgIpc) is 3.39. The Morgan fingerprint density at radius 1 is 1.32 bits per heavy atom. The largest absolute Gasteiger partial charge is 0.338 e. The van der Waals surface area contributed by atoms with E-state index in [0.29, 0.717) is 5.92 Å². The lowest BCUT2D eigenvalue weighted by Crippen LogP contribution is -2.10. The van der Waals surface area contributed by atoms with Crippen molar-refractivity contribution in [2.24, 2.45) is 0 Å². The molecule has 19 heavy (non-hydrogen) atoms. The van der Waals surface area contributed by atoms with Gasteiger partial charge in [0.25, 0.3) is 0 Å². The zero-order chi connectivity index (χ0) is 12.9. The first kappa shape index (κ1) is 11.1. The Bertz CT molecular complexity index is 611. The van der Waals surface area contributed by atoms with Crippen molar-refractivity contribution < 1.29 is 4.52 Å². The van der Waals surface area contributed by atoms with Crippen molar-refractivity contribution in [3.8, 4) is 0 Å². The van der Waals surface area contributed by atoms with Crippen LogP contribution in [0.3, 0.4) is 0 Å². The van der Waals surface area contributed by atoms with Gasteiger partial charge < -0.3 is 4.52 Å². The van der Waals surface area contributed by atoms with E-state index in [0.717, 1.165) is 31.0 Å². The van der Waals surface area contributed by atoms with Crippen LogP contribution in [0.15, 0.2) is 23.0 Å². The second-order valence-electron chi connectivity index (χ2n) is 5.75. The summed E-state index contributed by atoms with van der Waals surface area (Å²) in [5.41, 5.74) is 2.46. The quantitative estimate of drug-likeness (QED) is 0.842. The van der Waals surface area contributed by atoms with Gasteiger partial charge in [-0.1, -0.05) is 18.1 Å². The molecule has 0 atom stereocenters. The summed E-state index contributed by atoms with van der Waals surface area (Å²) in [5.74, 6) is 2.25. The van der Waals surface area contributed by atoms with Crippen LogP contribution in [0.5, 0.6) is 0 Å². The fourth-order valence-electron chi connectivity index (χ4n) is 2.63. The highest BCUT2D eigenvalue weighted by molar-refractivity contribution is 5.38. The molecule has 4 heteroatoms. The third kappa shape index (κ3) is 1.78. The topological polar surface area (TPSA) is 51.8 Å². The van der Waals surface area contributed by atoms with Gasteiger partial charge >= 0.3 is 0 Å². The number of hydrogen-bond donors (Lipinski definition) is 0. The van der Waals surface area contributed by atoms with Crippen LogP contribution in [0, 0.1) is 0 Å². The molecular weight excluding hydrogens is 238 g/mol. The Kier molecular flexibility index (Phi) is 2.28. The summed E-state index contributed by atoms with van der Waals surface area (Å²) < 4.78 is 5.53. The van der Waals surface area contributed by atoms with E-state index in [9.17, 15) is 0 Å². The van der Waals surface area contributed by atoms with Crippen LogP contribution in [-0.2, 0) is 11.8 Å². The molecule has 2 aromatic rings. The molecule has 2 heterocycles. The number of aromatic nitrogens is 3. The van der Waals surface area contributed by atoms with E-state index in [2.05, 4.69) is 28.1 Å².